The van der Waals surface area contributed by atoms with Crippen LogP contribution in [0.4, 0.5) is 0 Å². The zero-order valence-electron chi connectivity index (χ0n) is 13.2. The molecule has 0 heterocycles. The molecule has 0 aromatic heterocycles. The fraction of sp³-hybridized carbons (Fsp3) is 0.667. The van der Waals surface area contributed by atoms with Crippen molar-refractivity contribution in [1.29, 1.82) is 0 Å². The van der Waals surface area contributed by atoms with Crippen LogP contribution in [0.15, 0.2) is 18.2 Å². The van der Waals surface area contributed by atoms with E-state index in [2.05, 4.69) is 44.3 Å². The molecule has 1 N–H and O–H groups in total. The average Bonchev–Trinajstić information content (AvgIpc) is 2.91. The number of rotatable bonds is 7. The van der Waals surface area contributed by atoms with E-state index < -0.39 is 0 Å². The summed E-state index contributed by atoms with van der Waals surface area (Å²) in [5.74, 6) is 2.47. The second-order valence-corrected chi connectivity index (χ2v) is 6.44. The van der Waals surface area contributed by atoms with Gasteiger partial charge in [0.25, 0.3) is 0 Å². The van der Waals surface area contributed by atoms with Crippen LogP contribution < -0.4 is 10.1 Å². The van der Waals surface area contributed by atoms with Crippen molar-refractivity contribution in [2.75, 3.05) is 19.7 Å². The van der Waals surface area contributed by atoms with Crippen LogP contribution in [0.1, 0.15) is 56.6 Å². The molecular formula is C18H29NO. The number of nitrogens with one attached hydrogen (secondary N) is 1. The number of ether oxygens (including phenoxy) is 1. The van der Waals surface area contributed by atoms with Gasteiger partial charge in [0.05, 0.1) is 0 Å². The van der Waals surface area contributed by atoms with Crippen LogP contribution in [0.2, 0.25) is 0 Å². The van der Waals surface area contributed by atoms with E-state index in [1.54, 1.807) is 0 Å². The first-order valence-corrected chi connectivity index (χ1v) is 8.10. The third-order valence-corrected chi connectivity index (χ3v) is 4.20. The fourth-order valence-corrected chi connectivity index (χ4v) is 2.95. The van der Waals surface area contributed by atoms with Gasteiger partial charge in [0.2, 0.25) is 0 Å². The van der Waals surface area contributed by atoms with Gasteiger partial charge in [-0.15, -0.1) is 0 Å². The van der Waals surface area contributed by atoms with E-state index in [4.69, 9.17) is 4.74 Å². The lowest BCUT2D eigenvalue weighted by atomic mass is 10.0. The van der Waals surface area contributed by atoms with Crippen molar-refractivity contribution in [3.05, 3.63) is 29.3 Å². The molecule has 0 saturated heterocycles. The molecule has 1 aromatic carbocycles. The summed E-state index contributed by atoms with van der Waals surface area (Å²) in [6.07, 6.45) is 5.65. The van der Waals surface area contributed by atoms with Gasteiger partial charge in [0.15, 0.2) is 0 Å². The van der Waals surface area contributed by atoms with E-state index in [0.29, 0.717) is 5.92 Å². The van der Waals surface area contributed by atoms with Crippen molar-refractivity contribution >= 4 is 0 Å². The van der Waals surface area contributed by atoms with E-state index in [1.807, 2.05) is 0 Å². The average molecular weight is 275 g/mol. The van der Waals surface area contributed by atoms with Gasteiger partial charge >= 0.3 is 0 Å². The lowest BCUT2D eigenvalue weighted by Gasteiger charge is -2.13. The van der Waals surface area contributed by atoms with Crippen LogP contribution in [0.5, 0.6) is 5.75 Å². The van der Waals surface area contributed by atoms with Gasteiger partial charge in [-0.1, -0.05) is 32.8 Å². The van der Waals surface area contributed by atoms with Crippen LogP contribution >= 0.6 is 0 Å². The number of hydrogen-bond donors (Lipinski definition) is 1. The summed E-state index contributed by atoms with van der Waals surface area (Å²) in [7, 11) is 0. The predicted octanol–water partition coefficient (Wildman–Crippen LogP) is 4.28. The molecule has 2 nitrogen and oxygen atoms in total. The van der Waals surface area contributed by atoms with E-state index in [9.17, 15) is 0 Å². The molecular weight excluding hydrogens is 246 g/mol. The quantitative estimate of drug-likeness (QED) is 0.750. The fourth-order valence-electron chi connectivity index (χ4n) is 2.95. The van der Waals surface area contributed by atoms with Gasteiger partial charge in [0, 0.05) is 6.54 Å². The third kappa shape index (κ3) is 4.82. The van der Waals surface area contributed by atoms with E-state index >= 15 is 0 Å². The van der Waals surface area contributed by atoms with Gasteiger partial charge in [-0.3, -0.25) is 0 Å². The van der Waals surface area contributed by atoms with E-state index in [-0.39, 0.29) is 0 Å². The second kappa shape index (κ2) is 7.68. The molecule has 2 rings (SSSR count). The first-order valence-electron chi connectivity index (χ1n) is 8.10. The molecule has 1 aliphatic rings. The van der Waals surface area contributed by atoms with Crippen molar-refractivity contribution < 1.29 is 4.74 Å². The Balaban J connectivity index is 1.70. The Bertz CT molecular complexity index is 408. The minimum Gasteiger partial charge on any atom is -0.492 e. The van der Waals surface area contributed by atoms with Gasteiger partial charge in [0.1, 0.15) is 12.4 Å². The molecule has 1 aromatic rings. The molecule has 0 atom stereocenters. The van der Waals surface area contributed by atoms with Crippen LogP contribution in [0, 0.1) is 12.8 Å². The maximum Gasteiger partial charge on any atom is 0.119 e. The largest absolute Gasteiger partial charge is 0.492 e. The Morgan fingerprint density at radius 2 is 1.95 bits per heavy atom. The van der Waals surface area contributed by atoms with Gasteiger partial charge in [-0.05, 0) is 61.4 Å². The predicted molar refractivity (Wildman–Crippen MR) is 85.6 cm³/mol. The standard InChI is InChI=1S/C18H29NO/c1-14(2)17-10-15(3)11-18(12-17)20-9-8-19-13-16-6-4-5-7-16/h10-12,14,16,19H,4-9,13H2,1-3H3. The molecule has 0 amide bonds. The first kappa shape index (κ1) is 15.4. The molecule has 112 valence electrons. The smallest absolute Gasteiger partial charge is 0.119 e. The summed E-state index contributed by atoms with van der Waals surface area (Å²) < 4.78 is 5.88. The summed E-state index contributed by atoms with van der Waals surface area (Å²) in [6, 6.07) is 6.55. The normalized spacial score (nSPS) is 16.0. The summed E-state index contributed by atoms with van der Waals surface area (Å²) in [5.41, 5.74) is 2.64. The lowest BCUT2D eigenvalue weighted by Crippen LogP contribution is -2.26. The zero-order chi connectivity index (χ0) is 14.4. The van der Waals surface area contributed by atoms with Crippen LogP contribution in [0.25, 0.3) is 0 Å². The molecule has 0 aliphatic heterocycles. The highest BCUT2D eigenvalue weighted by molar-refractivity contribution is 5.35. The van der Waals surface area contributed by atoms with Gasteiger partial charge < -0.3 is 10.1 Å². The molecule has 0 unspecified atom stereocenters. The van der Waals surface area contributed by atoms with E-state index in [0.717, 1.165) is 31.4 Å². The SMILES string of the molecule is Cc1cc(OCCNCC2CCCC2)cc(C(C)C)c1. The minimum atomic E-state index is 0.553. The summed E-state index contributed by atoms with van der Waals surface area (Å²) in [4.78, 5) is 0. The Morgan fingerprint density at radius 3 is 2.65 bits per heavy atom. The molecule has 0 bridgehead atoms. The maximum atomic E-state index is 5.88. The highest BCUT2D eigenvalue weighted by Crippen LogP contribution is 2.24. The Labute approximate surface area is 123 Å². The highest BCUT2D eigenvalue weighted by Gasteiger charge is 2.13. The topological polar surface area (TPSA) is 21.3 Å². The summed E-state index contributed by atoms with van der Waals surface area (Å²) >= 11 is 0. The third-order valence-electron chi connectivity index (χ3n) is 4.20. The van der Waals surface area contributed by atoms with Crippen molar-refractivity contribution in [1.82, 2.24) is 5.32 Å². The molecule has 2 heteroatoms. The Hall–Kier alpha value is -1.02. The van der Waals surface area contributed by atoms with Crippen molar-refractivity contribution in [3.63, 3.8) is 0 Å². The van der Waals surface area contributed by atoms with Crippen LogP contribution in [0.3, 0.4) is 0 Å². The molecule has 0 spiro atoms. The van der Waals surface area contributed by atoms with Crippen molar-refractivity contribution in [2.24, 2.45) is 5.92 Å². The Morgan fingerprint density at radius 1 is 1.20 bits per heavy atom. The van der Waals surface area contributed by atoms with E-state index in [1.165, 1.54) is 36.8 Å². The minimum absolute atomic E-state index is 0.553. The van der Waals surface area contributed by atoms with Crippen molar-refractivity contribution in [2.45, 2.75) is 52.4 Å². The number of benzene rings is 1. The molecule has 0 radical (unpaired) electrons. The monoisotopic (exact) mass is 275 g/mol. The first-order chi connectivity index (χ1) is 9.65. The zero-order valence-corrected chi connectivity index (χ0v) is 13.2. The highest BCUT2D eigenvalue weighted by atomic mass is 16.5. The van der Waals surface area contributed by atoms with Crippen molar-refractivity contribution in [3.8, 4) is 5.75 Å². The maximum absolute atomic E-state index is 5.88. The number of hydrogen-bond acceptors (Lipinski definition) is 2. The molecule has 1 fully saturated rings. The summed E-state index contributed by atoms with van der Waals surface area (Å²) in [5, 5.41) is 3.52. The Kier molecular flexibility index (Phi) is 5.90. The van der Waals surface area contributed by atoms with Gasteiger partial charge in [-0.2, -0.15) is 0 Å². The number of aryl methyl sites for hydroxylation is 1. The molecule has 20 heavy (non-hydrogen) atoms. The van der Waals surface area contributed by atoms with Crippen LogP contribution in [-0.4, -0.2) is 19.7 Å². The molecule has 1 aliphatic carbocycles. The summed E-state index contributed by atoms with van der Waals surface area (Å²) in [6.45, 7) is 9.45. The lowest BCUT2D eigenvalue weighted by molar-refractivity contribution is 0.308. The second-order valence-electron chi connectivity index (χ2n) is 6.44. The van der Waals surface area contributed by atoms with Gasteiger partial charge in [-0.25, -0.2) is 0 Å². The van der Waals surface area contributed by atoms with Crippen LogP contribution in [-0.2, 0) is 0 Å². The molecule has 1 saturated carbocycles.